The lowest BCUT2D eigenvalue weighted by Crippen LogP contribution is -2.36. The van der Waals surface area contributed by atoms with Gasteiger partial charge in [-0.1, -0.05) is 30.3 Å². The van der Waals surface area contributed by atoms with Crippen LogP contribution in [0.3, 0.4) is 0 Å². The summed E-state index contributed by atoms with van der Waals surface area (Å²) in [5.74, 6) is 1.90. The molecule has 0 aliphatic carbocycles. The van der Waals surface area contributed by atoms with E-state index in [1.165, 1.54) is 0 Å². The van der Waals surface area contributed by atoms with E-state index in [4.69, 9.17) is 9.47 Å². The van der Waals surface area contributed by atoms with E-state index in [1.54, 1.807) is 13.3 Å². The van der Waals surface area contributed by atoms with Crippen molar-refractivity contribution in [3.8, 4) is 5.75 Å². The number of morpholine rings is 1. The van der Waals surface area contributed by atoms with Gasteiger partial charge in [-0.05, 0) is 18.2 Å². The molecule has 29 heavy (non-hydrogen) atoms. The maximum absolute atomic E-state index is 5.47. The smallest absolute Gasteiger partial charge is 0.244 e. The molecule has 8 nitrogen and oxygen atoms in total. The lowest BCUT2D eigenvalue weighted by Gasteiger charge is -2.30. The Kier molecular flexibility index (Phi) is 6.01. The molecule has 0 spiro atoms. The first kappa shape index (κ1) is 18.9. The number of hydrogen-bond donors (Lipinski definition) is 2. The van der Waals surface area contributed by atoms with Crippen molar-refractivity contribution in [2.75, 3.05) is 48.9 Å². The standard InChI is InChI=1S/C21H24N6O2/c1-28-19-9-5-2-6-16(19)14-22-21-25-20(15-23-26-21)24-17-7-3-4-8-18(17)27-10-12-29-13-11-27/h2-9,15H,10-14H2,1H3,(H2,22,24,25,26). The zero-order valence-electron chi connectivity index (χ0n) is 16.3. The van der Waals surface area contributed by atoms with Crippen molar-refractivity contribution in [2.45, 2.75) is 6.54 Å². The van der Waals surface area contributed by atoms with Gasteiger partial charge in [-0.15, -0.1) is 5.10 Å². The quantitative estimate of drug-likeness (QED) is 0.635. The first-order valence-electron chi connectivity index (χ1n) is 9.58. The van der Waals surface area contributed by atoms with E-state index < -0.39 is 0 Å². The van der Waals surface area contributed by atoms with Gasteiger partial charge in [-0.25, -0.2) is 0 Å². The highest BCUT2D eigenvalue weighted by molar-refractivity contribution is 5.74. The van der Waals surface area contributed by atoms with Crippen molar-refractivity contribution >= 4 is 23.1 Å². The SMILES string of the molecule is COc1ccccc1CNc1nncc(Nc2ccccc2N2CCOCC2)n1. The van der Waals surface area contributed by atoms with Gasteiger partial charge in [0.1, 0.15) is 5.75 Å². The van der Waals surface area contributed by atoms with Crippen LogP contribution in [0.25, 0.3) is 0 Å². The topological polar surface area (TPSA) is 84.4 Å². The molecule has 2 aromatic carbocycles. The molecule has 1 saturated heterocycles. The molecule has 1 aliphatic heterocycles. The zero-order chi connectivity index (χ0) is 19.9. The molecule has 1 aliphatic rings. The van der Waals surface area contributed by atoms with E-state index in [1.807, 2.05) is 42.5 Å². The fraction of sp³-hybridized carbons (Fsp3) is 0.286. The van der Waals surface area contributed by atoms with Gasteiger partial charge in [0, 0.05) is 25.2 Å². The minimum Gasteiger partial charge on any atom is -0.496 e. The third-order valence-corrected chi connectivity index (χ3v) is 4.71. The number of benzene rings is 2. The first-order chi connectivity index (χ1) is 14.3. The number of nitrogens with zero attached hydrogens (tertiary/aromatic N) is 4. The lowest BCUT2D eigenvalue weighted by atomic mass is 10.2. The van der Waals surface area contributed by atoms with Crippen molar-refractivity contribution in [3.05, 3.63) is 60.3 Å². The molecule has 8 heteroatoms. The fourth-order valence-electron chi connectivity index (χ4n) is 3.26. The molecule has 0 bridgehead atoms. The Morgan fingerprint density at radius 1 is 1.07 bits per heavy atom. The van der Waals surface area contributed by atoms with Gasteiger partial charge in [0.15, 0.2) is 5.82 Å². The second-order valence-electron chi connectivity index (χ2n) is 6.57. The maximum Gasteiger partial charge on any atom is 0.244 e. The molecule has 3 aromatic rings. The number of ether oxygens (including phenoxy) is 2. The van der Waals surface area contributed by atoms with E-state index in [0.717, 1.165) is 49.0 Å². The average Bonchev–Trinajstić information content (AvgIpc) is 2.79. The predicted molar refractivity (Wildman–Crippen MR) is 113 cm³/mol. The third kappa shape index (κ3) is 4.72. The van der Waals surface area contributed by atoms with E-state index >= 15 is 0 Å². The molecule has 1 fully saturated rings. The van der Waals surface area contributed by atoms with E-state index in [-0.39, 0.29) is 0 Å². The highest BCUT2D eigenvalue weighted by Gasteiger charge is 2.15. The number of hydrogen-bond acceptors (Lipinski definition) is 8. The number of methoxy groups -OCH3 is 1. The van der Waals surface area contributed by atoms with Gasteiger partial charge < -0.3 is 25.0 Å². The molecule has 0 saturated carbocycles. The van der Waals surface area contributed by atoms with E-state index in [0.29, 0.717) is 18.3 Å². The summed E-state index contributed by atoms with van der Waals surface area (Å²) in [5, 5.41) is 14.7. The summed E-state index contributed by atoms with van der Waals surface area (Å²) < 4.78 is 10.8. The number of nitrogens with one attached hydrogen (secondary N) is 2. The molecule has 1 aromatic heterocycles. The van der Waals surface area contributed by atoms with Crippen LogP contribution < -0.4 is 20.3 Å². The van der Waals surface area contributed by atoms with Crippen LogP contribution >= 0.6 is 0 Å². The van der Waals surface area contributed by atoms with Crippen molar-refractivity contribution in [1.29, 1.82) is 0 Å². The Morgan fingerprint density at radius 2 is 1.86 bits per heavy atom. The minimum absolute atomic E-state index is 0.449. The van der Waals surface area contributed by atoms with Gasteiger partial charge >= 0.3 is 0 Å². The molecule has 2 heterocycles. The van der Waals surface area contributed by atoms with E-state index in [9.17, 15) is 0 Å². The summed E-state index contributed by atoms with van der Waals surface area (Å²) in [6.45, 7) is 3.75. The summed E-state index contributed by atoms with van der Waals surface area (Å²) in [7, 11) is 1.66. The molecule has 0 radical (unpaired) electrons. The normalized spacial score (nSPS) is 13.8. The zero-order valence-corrected chi connectivity index (χ0v) is 16.3. The molecule has 0 amide bonds. The molecule has 4 rings (SSSR count). The number of aromatic nitrogens is 3. The van der Waals surface area contributed by atoms with E-state index in [2.05, 4.69) is 36.8 Å². The van der Waals surface area contributed by atoms with Crippen LogP contribution in [0.4, 0.5) is 23.1 Å². The lowest BCUT2D eigenvalue weighted by molar-refractivity contribution is 0.123. The minimum atomic E-state index is 0.449. The maximum atomic E-state index is 5.47. The summed E-state index contributed by atoms with van der Waals surface area (Å²) in [4.78, 5) is 6.85. The molecule has 2 N–H and O–H groups in total. The Bertz CT molecular complexity index is 946. The molecule has 150 valence electrons. The molecule has 0 atom stereocenters. The van der Waals surface area contributed by atoms with Crippen molar-refractivity contribution in [2.24, 2.45) is 0 Å². The number of rotatable bonds is 7. The first-order valence-corrected chi connectivity index (χ1v) is 9.58. The van der Waals surface area contributed by atoms with Crippen molar-refractivity contribution in [1.82, 2.24) is 15.2 Å². The highest BCUT2D eigenvalue weighted by Crippen LogP contribution is 2.28. The third-order valence-electron chi connectivity index (χ3n) is 4.71. The van der Waals surface area contributed by atoms with Crippen molar-refractivity contribution < 1.29 is 9.47 Å². The molecular weight excluding hydrogens is 368 g/mol. The molecular formula is C21H24N6O2. The fourth-order valence-corrected chi connectivity index (χ4v) is 3.26. The predicted octanol–water partition coefficient (Wildman–Crippen LogP) is 3.07. The van der Waals surface area contributed by atoms with Crippen LogP contribution in [0.2, 0.25) is 0 Å². The number of para-hydroxylation sites is 3. The van der Waals surface area contributed by atoms with Gasteiger partial charge in [0.05, 0.1) is 37.9 Å². The van der Waals surface area contributed by atoms with Crippen LogP contribution in [0.15, 0.2) is 54.7 Å². The van der Waals surface area contributed by atoms with Gasteiger partial charge in [0.25, 0.3) is 0 Å². The van der Waals surface area contributed by atoms with Crippen LogP contribution in [0.5, 0.6) is 5.75 Å². The summed E-state index contributed by atoms with van der Waals surface area (Å²) in [6, 6.07) is 16.0. The van der Waals surface area contributed by atoms with Gasteiger partial charge in [0.2, 0.25) is 5.95 Å². The Balaban J connectivity index is 1.47. The highest BCUT2D eigenvalue weighted by atomic mass is 16.5. The Morgan fingerprint density at radius 3 is 2.72 bits per heavy atom. The van der Waals surface area contributed by atoms with Crippen LogP contribution in [-0.4, -0.2) is 48.6 Å². The monoisotopic (exact) mass is 392 g/mol. The van der Waals surface area contributed by atoms with Crippen LogP contribution in [0, 0.1) is 0 Å². The van der Waals surface area contributed by atoms with Crippen molar-refractivity contribution in [3.63, 3.8) is 0 Å². The number of anilines is 4. The largest absolute Gasteiger partial charge is 0.496 e. The summed E-state index contributed by atoms with van der Waals surface area (Å²) >= 11 is 0. The second-order valence-corrected chi connectivity index (χ2v) is 6.57. The second kappa shape index (κ2) is 9.20. The van der Waals surface area contributed by atoms with Gasteiger partial charge in [-0.2, -0.15) is 10.1 Å². The molecule has 0 unspecified atom stereocenters. The van der Waals surface area contributed by atoms with Crippen LogP contribution in [-0.2, 0) is 11.3 Å². The van der Waals surface area contributed by atoms with Gasteiger partial charge in [-0.3, -0.25) is 0 Å². The average molecular weight is 392 g/mol. The summed E-state index contributed by atoms with van der Waals surface area (Å²) in [5.41, 5.74) is 3.12. The summed E-state index contributed by atoms with van der Waals surface area (Å²) in [6.07, 6.45) is 1.62. The Hall–Kier alpha value is -3.39. The Labute approximate surface area is 169 Å². The van der Waals surface area contributed by atoms with Crippen LogP contribution in [0.1, 0.15) is 5.56 Å².